The van der Waals surface area contributed by atoms with Gasteiger partial charge in [0.15, 0.2) is 0 Å². The number of nitrogens with two attached hydrogens (primary N) is 1. The molecule has 3 aromatic rings. The minimum absolute atomic E-state index is 0.0489. The van der Waals surface area contributed by atoms with E-state index < -0.39 is 0 Å². The van der Waals surface area contributed by atoms with Crippen molar-refractivity contribution in [2.24, 2.45) is 11.7 Å². The summed E-state index contributed by atoms with van der Waals surface area (Å²) in [4.78, 5) is 18.2. The maximum atomic E-state index is 14.1. The number of hydrogen-bond donors (Lipinski definition) is 2. The molecule has 1 aromatic heterocycles. The van der Waals surface area contributed by atoms with E-state index in [-0.39, 0.29) is 17.6 Å². The number of fused-ring (bicyclic) bond motifs is 1. The van der Waals surface area contributed by atoms with Gasteiger partial charge in [-0.1, -0.05) is 36.4 Å². The molecule has 6 heteroatoms. The smallest absolute Gasteiger partial charge is 0.221 e. The number of pyridine rings is 1. The lowest BCUT2D eigenvalue weighted by atomic mass is 9.97. The highest BCUT2D eigenvalue weighted by Gasteiger charge is 2.23. The summed E-state index contributed by atoms with van der Waals surface area (Å²) < 4.78 is 14.1. The number of benzene rings is 2. The van der Waals surface area contributed by atoms with Crippen LogP contribution in [0.1, 0.15) is 29.7 Å². The van der Waals surface area contributed by atoms with Crippen molar-refractivity contribution in [1.29, 1.82) is 0 Å². The van der Waals surface area contributed by atoms with Crippen LogP contribution in [0.15, 0.2) is 48.5 Å². The van der Waals surface area contributed by atoms with Crippen molar-refractivity contribution in [3.05, 3.63) is 71.2 Å². The first kappa shape index (κ1) is 20.3. The lowest BCUT2D eigenvalue weighted by Crippen LogP contribution is -2.40. The largest absolute Gasteiger partial charge is 0.380 e. The van der Waals surface area contributed by atoms with Crippen LogP contribution in [0.25, 0.3) is 10.9 Å². The van der Waals surface area contributed by atoms with Gasteiger partial charge in [0, 0.05) is 36.4 Å². The Balaban J connectivity index is 1.46. The second-order valence-electron chi connectivity index (χ2n) is 8.10. The quantitative estimate of drug-likeness (QED) is 0.649. The second-order valence-corrected chi connectivity index (χ2v) is 8.10. The van der Waals surface area contributed by atoms with Gasteiger partial charge in [-0.3, -0.25) is 9.69 Å². The predicted molar refractivity (Wildman–Crippen MR) is 117 cm³/mol. The van der Waals surface area contributed by atoms with Gasteiger partial charge >= 0.3 is 0 Å². The van der Waals surface area contributed by atoms with E-state index in [1.54, 1.807) is 6.07 Å². The van der Waals surface area contributed by atoms with Crippen molar-refractivity contribution in [3.63, 3.8) is 0 Å². The third kappa shape index (κ3) is 4.60. The SMILES string of the molecule is Cc1cc(NCc2cccc(CN3CCCC(C(N)=O)C3)c2)c2cccc(F)c2n1. The van der Waals surface area contributed by atoms with E-state index in [0.717, 1.165) is 54.8 Å². The van der Waals surface area contributed by atoms with Gasteiger partial charge in [0.05, 0.1) is 5.92 Å². The van der Waals surface area contributed by atoms with Gasteiger partial charge in [0.25, 0.3) is 0 Å². The van der Waals surface area contributed by atoms with Crippen molar-refractivity contribution in [1.82, 2.24) is 9.88 Å². The number of primary amides is 1. The highest BCUT2D eigenvalue weighted by Crippen LogP contribution is 2.26. The van der Waals surface area contributed by atoms with Gasteiger partial charge in [-0.15, -0.1) is 0 Å². The minimum atomic E-state index is -0.308. The standard InChI is InChI=1S/C24H27FN4O/c1-16-11-22(20-8-3-9-21(25)23(20)28-16)27-13-17-5-2-6-18(12-17)14-29-10-4-7-19(15-29)24(26)30/h2-3,5-6,8-9,11-12,19H,4,7,10,13-15H2,1H3,(H2,26,30)(H,27,28). The van der Waals surface area contributed by atoms with E-state index >= 15 is 0 Å². The van der Waals surface area contributed by atoms with E-state index in [9.17, 15) is 9.18 Å². The Morgan fingerprint density at radius 3 is 2.87 bits per heavy atom. The van der Waals surface area contributed by atoms with E-state index in [0.29, 0.717) is 12.1 Å². The third-order valence-electron chi connectivity index (χ3n) is 5.71. The van der Waals surface area contributed by atoms with Gasteiger partial charge in [-0.2, -0.15) is 0 Å². The molecule has 2 aromatic carbocycles. The molecule has 1 aliphatic heterocycles. The van der Waals surface area contributed by atoms with Crippen molar-refractivity contribution < 1.29 is 9.18 Å². The number of aryl methyl sites for hydroxylation is 1. The van der Waals surface area contributed by atoms with E-state index in [1.807, 2.05) is 19.1 Å². The van der Waals surface area contributed by atoms with Gasteiger partial charge < -0.3 is 11.1 Å². The molecule has 1 fully saturated rings. The monoisotopic (exact) mass is 406 g/mol. The summed E-state index contributed by atoms with van der Waals surface area (Å²) >= 11 is 0. The topological polar surface area (TPSA) is 71.2 Å². The van der Waals surface area contributed by atoms with Gasteiger partial charge in [0.2, 0.25) is 5.91 Å². The number of anilines is 1. The minimum Gasteiger partial charge on any atom is -0.380 e. The van der Waals surface area contributed by atoms with Crippen LogP contribution < -0.4 is 11.1 Å². The molecule has 1 aliphatic rings. The number of piperidine rings is 1. The molecule has 0 saturated carbocycles. The predicted octanol–water partition coefficient (Wildman–Crippen LogP) is 3.99. The number of likely N-dealkylation sites (tertiary alicyclic amines) is 1. The molecule has 156 valence electrons. The maximum absolute atomic E-state index is 14.1. The first-order valence-corrected chi connectivity index (χ1v) is 10.4. The summed E-state index contributed by atoms with van der Waals surface area (Å²) in [6.07, 6.45) is 1.88. The van der Waals surface area contributed by atoms with Crippen molar-refractivity contribution in [2.75, 3.05) is 18.4 Å². The molecule has 0 bridgehead atoms. The fourth-order valence-corrected chi connectivity index (χ4v) is 4.21. The molecule has 2 heterocycles. The van der Waals surface area contributed by atoms with Crippen LogP contribution in [0.5, 0.6) is 0 Å². The number of carbonyl (C=O) groups excluding carboxylic acids is 1. The number of amides is 1. The average Bonchev–Trinajstić information content (AvgIpc) is 2.73. The van der Waals surface area contributed by atoms with Crippen molar-refractivity contribution in [2.45, 2.75) is 32.9 Å². The lowest BCUT2D eigenvalue weighted by molar-refractivity contribution is -0.123. The number of aromatic nitrogens is 1. The summed E-state index contributed by atoms with van der Waals surface area (Å²) in [5, 5.41) is 4.22. The lowest BCUT2D eigenvalue weighted by Gasteiger charge is -2.31. The first-order chi connectivity index (χ1) is 14.5. The Kier molecular flexibility index (Phi) is 5.95. The number of halogens is 1. The number of para-hydroxylation sites is 1. The highest BCUT2D eigenvalue weighted by atomic mass is 19.1. The Morgan fingerprint density at radius 2 is 2.03 bits per heavy atom. The van der Waals surface area contributed by atoms with Crippen LogP contribution in [0.4, 0.5) is 10.1 Å². The molecular formula is C24H27FN4O. The van der Waals surface area contributed by atoms with E-state index in [4.69, 9.17) is 5.73 Å². The molecule has 1 amide bonds. The van der Waals surface area contributed by atoms with Crippen LogP contribution in [0, 0.1) is 18.7 Å². The van der Waals surface area contributed by atoms with Crippen LogP contribution >= 0.6 is 0 Å². The van der Waals surface area contributed by atoms with Gasteiger partial charge in [-0.25, -0.2) is 9.37 Å². The molecular weight excluding hydrogens is 379 g/mol. The van der Waals surface area contributed by atoms with Crippen molar-refractivity contribution in [3.8, 4) is 0 Å². The fourth-order valence-electron chi connectivity index (χ4n) is 4.21. The third-order valence-corrected chi connectivity index (χ3v) is 5.71. The maximum Gasteiger partial charge on any atom is 0.221 e. The molecule has 5 nitrogen and oxygen atoms in total. The number of rotatable bonds is 6. The molecule has 1 atom stereocenters. The zero-order valence-electron chi connectivity index (χ0n) is 17.2. The first-order valence-electron chi connectivity index (χ1n) is 10.4. The summed E-state index contributed by atoms with van der Waals surface area (Å²) in [6, 6.07) is 15.4. The molecule has 1 saturated heterocycles. The van der Waals surface area contributed by atoms with Crippen molar-refractivity contribution >= 4 is 22.5 Å². The van der Waals surface area contributed by atoms with Crippen LogP contribution in [0.3, 0.4) is 0 Å². The normalized spacial score (nSPS) is 17.2. The summed E-state index contributed by atoms with van der Waals surface area (Å²) in [5.74, 6) is -0.557. The molecule has 30 heavy (non-hydrogen) atoms. The van der Waals surface area contributed by atoms with Crippen LogP contribution in [-0.4, -0.2) is 28.9 Å². The van der Waals surface area contributed by atoms with Gasteiger partial charge in [-0.05, 0) is 49.6 Å². The Morgan fingerprint density at radius 1 is 1.23 bits per heavy atom. The van der Waals surface area contributed by atoms with Crippen LogP contribution in [0.2, 0.25) is 0 Å². The molecule has 3 N–H and O–H groups in total. The molecule has 4 rings (SSSR count). The number of carbonyl (C=O) groups is 1. The number of hydrogen-bond acceptors (Lipinski definition) is 4. The zero-order chi connectivity index (χ0) is 21.1. The summed E-state index contributed by atoms with van der Waals surface area (Å²) in [7, 11) is 0. The molecule has 0 spiro atoms. The molecule has 1 unspecified atom stereocenters. The Hall–Kier alpha value is -2.99. The molecule has 0 radical (unpaired) electrons. The Bertz CT molecular complexity index is 1070. The highest BCUT2D eigenvalue weighted by molar-refractivity contribution is 5.91. The van der Waals surface area contributed by atoms with E-state index in [2.05, 4.69) is 39.5 Å². The van der Waals surface area contributed by atoms with Crippen LogP contribution in [-0.2, 0) is 17.9 Å². The summed E-state index contributed by atoms with van der Waals surface area (Å²) in [5.41, 5.74) is 9.90. The Labute approximate surface area is 176 Å². The zero-order valence-corrected chi connectivity index (χ0v) is 17.2. The number of nitrogens with one attached hydrogen (secondary N) is 1. The average molecular weight is 407 g/mol. The number of nitrogens with zero attached hydrogens (tertiary/aromatic N) is 2. The van der Waals surface area contributed by atoms with E-state index in [1.165, 1.54) is 11.6 Å². The fraction of sp³-hybridized carbons (Fsp3) is 0.333. The summed E-state index contributed by atoms with van der Waals surface area (Å²) in [6.45, 7) is 5.02. The van der Waals surface area contributed by atoms with Gasteiger partial charge in [0.1, 0.15) is 11.3 Å². The molecule has 0 aliphatic carbocycles. The second kappa shape index (κ2) is 8.79.